The Labute approximate surface area is 104 Å². The van der Waals surface area contributed by atoms with Gasteiger partial charge in [-0.25, -0.2) is 0 Å². The Hall–Kier alpha value is -1.47. The SMILES string of the molecule is CC(C)c1nc(CN2CC(O)CC2C(=O)O)no1. The number of rotatable bonds is 4. The maximum Gasteiger partial charge on any atom is 0.321 e. The van der Waals surface area contributed by atoms with E-state index in [0.717, 1.165) is 0 Å². The van der Waals surface area contributed by atoms with E-state index in [1.54, 1.807) is 4.90 Å². The van der Waals surface area contributed by atoms with E-state index in [4.69, 9.17) is 9.63 Å². The molecule has 0 spiro atoms. The molecule has 0 bridgehead atoms. The van der Waals surface area contributed by atoms with E-state index in [-0.39, 0.29) is 18.9 Å². The first-order chi connectivity index (χ1) is 8.47. The summed E-state index contributed by atoms with van der Waals surface area (Å²) in [5.74, 6) is 0.209. The molecule has 2 rings (SSSR count). The van der Waals surface area contributed by atoms with Crippen LogP contribution in [0.4, 0.5) is 0 Å². The number of carboxylic acids is 1. The second kappa shape index (κ2) is 5.03. The lowest BCUT2D eigenvalue weighted by Gasteiger charge is -2.18. The minimum Gasteiger partial charge on any atom is -0.480 e. The van der Waals surface area contributed by atoms with Gasteiger partial charge in [0.15, 0.2) is 5.82 Å². The zero-order valence-corrected chi connectivity index (χ0v) is 10.4. The lowest BCUT2D eigenvalue weighted by Crippen LogP contribution is -2.35. The van der Waals surface area contributed by atoms with Gasteiger partial charge in [0, 0.05) is 18.9 Å². The van der Waals surface area contributed by atoms with Gasteiger partial charge >= 0.3 is 5.97 Å². The average Bonchev–Trinajstić information content (AvgIpc) is 2.86. The molecule has 2 unspecified atom stereocenters. The lowest BCUT2D eigenvalue weighted by atomic mass is 10.2. The van der Waals surface area contributed by atoms with Crippen molar-refractivity contribution < 1.29 is 19.5 Å². The fourth-order valence-corrected chi connectivity index (χ4v) is 2.06. The Morgan fingerprint density at radius 3 is 2.89 bits per heavy atom. The number of β-amino-alcohol motifs (C(OH)–C–C–N with tert-alkyl or cyclic N) is 1. The summed E-state index contributed by atoms with van der Waals surface area (Å²) in [5.41, 5.74) is 0. The number of hydrogen-bond acceptors (Lipinski definition) is 6. The van der Waals surface area contributed by atoms with E-state index < -0.39 is 18.1 Å². The van der Waals surface area contributed by atoms with Gasteiger partial charge < -0.3 is 14.7 Å². The van der Waals surface area contributed by atoms with Crippen molar-refractivity contribution >= 4 is 5.97 Å². The predicted octanol–water partition coefficient (Wildman–Crippen LogP) is 0.213. The number of aliphatic hydroxyl groups is 1. The van der Waals surface area contributed by atoms with Crippen LogP contribution in [0, 0.1) is 0 Å². The summed E-state index contributed by atoms with van der Waals surface area (Å²) in [5, 5.41) is 22.4. The smallest absolute Gasteiger partial charge is 0.321 e. The summed E-state index contributed by atoms with van der Waals surface area (Å²) in [4.78, 5) is 16.9. The highest BCUT2D eigenvalue weighted by Crippen LogP contribution is 2.20. The Bertz CT molecular complexity index is 432. The van der Waals surface area contributed by atoms with Crippen molar-refractivity contribution in [3.05, 3.63) is 11.7 Å². The molecule has 0 amide bonds. The van der Waals surface area contributed by atoms with Crippen LogP contribution in [-0.2, 0) is 11.3 Å². The van der Waals surface area contributed by atoms with Crippen LogP contribution >= 0.6 is 0 Å². The summed E-state index contributed by atoms with van der Waals surface area (Å²) < 4.78 is 5.06. The third-order valence-electron chi connectivity index (χ3n) is 2.99. The minimum absolute atomic E-state index is 0.144. The van der Waals surface area contributed by atoms with E-state index >= 15 is 0 Å². The molecule has 18 heavy (non-hydrogen) atoms. The normalized spacial score (nSPS) is 24.9. The number of likely N-dealkylation sites (tertiary alicyclic amines) is 1. The summed E-state index contributed by atoms with van der Waals surface area (Å²) in [7, 11) is 0. The van der Waals surface area contributed by atoms with Crippen LogP contribution in [0.15, 0.2) is 4.52 Å². The maximum absolute atomic E-state index is 11.0. The lowest BCUT2D eigenvalue weighted by molar-refractivity contribution is -0.142. The van der Waals surface area contributed by atoms with Crippen molar-refractivity contribution in [2.45, 2.75) is 44.9 Å². The number of carboxylic acid groups (broad SMARTS) is 1. The Morgan fingerprint density at radius 1 is 1.61 bits per heavy atom. The van der Waals surface area contributed by atoms with Crippen molar-refractivity contribution in [2.75, 3.05) is 6.54 Å². The molecular weight excluding hydrogens is 238 g/mol. The fraction of sp³-hybridized carbons (Fsp3) is 0.727. The molecule has 1 saturated heterocycles. The molecule has 1 aromatic heterocycles. The second-order valence-electron chi connectivity index (χ2n) is 4.88. The van der Waals surface area contributed by atoms with E-state index in [1.165, 1.54) is 0 Å². The first kappa shape index (κ1) is 13.0. The number of aliphatic carboxylic acids is 1. The zero-order chi connectivity index (χ0) is 13.3. The van der Waals surface area contributed by atoms with Crippen LogP contribution in [0.1, 0.15) is 37.9 Å². The highest BCUT2D eigenvalue weighted by Gasteiger charge is 2.36. The van der Waals surface area contributed by atoms with E-state index in [1.807, 2.05) is 13.8 Å². The molecule has 7 nitrogen and oxygen atoms in total. The van der Waals surface area contributed by atoms with Crippen molar-refractivity contribution in [1.29, 1.82) is 0 Å². The number of nitrogens with zero attached hydrogens (tertiary/aromatic N) is 3. The first-order valence-corrected chi connectivity index (χ1v) is 5.94. The molecule has 2 atom stereocenters. The molecule has 0 aromatic carbocycles. The quantitative estimate of drug-likeness (QED) is 0.793. The molecule has 1 aliphatic rings. The maximum atomic E-state index is 11.0. The third-order valence-corrected chi connectivity index (χ3v) is 2.99. The van der Waals surface area contributed by atoms with Gasteiger partial charge in [-0.2, -0.15) is 4.98 Å². The molecular formula is C11H17N3O4. The third kappa shape index (κ3) is 2.68. The molecule has 0 saturated carbocycles. The van der Waals surface area contributed by atoms with Gasteiger partial charge in [0.05, 0.1) is 12.6 Å². The Balaban J connectivity index is 2.05. The number of carbonyl (C=O) groups is 1. The molecule has 1 fully saturated rings. The summed E-state index contributed by atoms with van der Waals surface area (Å²) in [6.45, 7) is 4.49. The van der Waals surface area contributed by atoms with Crippen molar-refractivity contribution in [3.8, 4) is 0 Å². The minimum atomic E-state index is -0.931. The standard InChI is InChI=1S/C11H17N3O4/c1-6(2)10-12-9(13-18-10)5-14-4-7(15)3-8(14)11(16)17/h6-8,15H,3-5H2,1-2H3,(H,16,17). The van der Waals surface area contributed by atoms with Crippen molar-refractivity contribution in [3.63, 3.8) is 0 Å². The second-order valence-corrected chi connectivity index (χ2v) is 4.88. The van der Waals surface area contributed by atoms with Gasteiger partial charge in [0.2, 0.25) is 5.89 Å². The predicted molar refractivity (Wildman–Crippen MR) is 60.8 cm³/mol. The Kier molecular flexibility index (Phi) is 3.63. The van der Waals surface area contributed by atoms with Crippen molar-refractivity contribution in [2.24, 2.45) is 0 Å². The highest BCUT2D eigenvalue weighted by atomic mass is 16.5. The fourth-order valence-electron chi connectivity index (χ4n) is 2.06. The number of aromatic nitrogens is 2. The van der Waals surface area contributed by atoms with Gasteiger partial charge in [-0.15, -0.1) is 0 Å². The zero-order valence-electron chi connectivity index (χ0n) is 10.4. The molecule has 0 radical (unpaired) electrons. The van der Waals surface area contributed by atoms with E-state index in [2.05, 4.69) is 10.1 Å². The van der Waals surface area contributed by atoms with Crippen LogP contribution in [-0.4, -0.2) is 49.9 Å². The van der Waals surface area contributed by atoms with Gasteiger partial charge in [0.25, 0.3) is 0 Å². The Morgan fingerprint density at radius 2 is 2.33 bits per heavy atom. The average molecular weight is 255 g/mol. The van der Waals surface area contributed by atoms with Gasteiger partial charge in [-0.1, -0.05) is 19.0 Å². The number of hydrogen-bond donors (Lipinski definition) is 2. The molecule has 7 heteroatoms. The van der Waals surface area contributed by atoms with Crippen LogP contribution in [0.2, 0.25) is 0 Å². The van der Waals surface area contributed by atoms with Crippen LogP contribution in [0.3, 0.4) is 0 Å². The van der Waals surface area contributed by atoms with Crippen molar-refractivity contribution in [1.82, 2.24) is 15.0 Å². The highest BCUT2D eigenvalue weighted by molar-refractivity contribution is 5.74. The van der Waals surface area contributed by atoms with Gasteiger partial charge in [-0.05, 0) is 0 Å². The topological polar surface area (TPSA) is 99.7 Å². The van der Waals surface area contributed by atoms with Gasteiger partial charge in [0.1, 0.15) is 6.04 Å². The summed E-state index contributed by atoms with van der Waals surface area (Å²) in [6.07, 6.45) is -0.368. The van der Waals surface area contributed by atoms with E-state index in [0.29, 0.717) is 18.3 Å². The molecule has 1 aliphatic heterocycles. The van der Waals surface area contributed by atoms with Crippen LogP contribution in [0.25, 0.3) is 0 Å². The largest absolute Gasteiger partial charge is 0.480 e. The molecule has 2 N–H and O–H groups in total. The molecule has 100 valence electrons. The first-order valence-electron chi connectivity index (χ1n) is 5.94. The summed E-state index contributed by atoms with van der Waals surface area (Å²) in [6, 6.07) is -0.680. The summed E-state index contributed by atoms with van der Waals surface area (Å²) >= 11 is 0. The molecule has 2 heterocycles. The van der Waals surface area contributed by atoms with Crippen LogP contribution < -0.4 is 0 Å². The molecule has 0 aliphatic carbocycles. The van der Waals surface area contributed by atoms with Gasteiger partial charge in [-0.3, -0.25) is 9.69 Å². The monoisotopic (exact) mass is 255 g/mol. The van der Waals surface area contributed by atoms with Crippen LogP contribution in [0.5, 0.6) is 0 Å². The van der Waals surface area contributed by atoms with E-state index in [9.17, 15) is 9.90 Å². The molecule has 1 aromatic rings. The number of aliphatic hydroxyl groups excluding tert-OH is 1.